The molecule has 7 N–H and O–H groups in total. The average molecular weight is 923 g/mol. The van der Waals surface area contributed by atoms with Crippen molar-refractivity contribution in [2.45, 2.75) is 127 Å². The van der Waals surface area contributed by atoms with E-state index in [9.17, 15) is 33.6 Å². The summed E-state index contributed by atoms with van der Waals surface area (Å²) in [6, 6.07) is 14.1. The third-order valence-corrected chi connectivity index (χ3v) is 13.1. The van der Waals surface area contributed by atoms with Gasteiger partial charge in [0.15, 0.2) is 12.2 Å². The van der Waals surface area contributed by atoms with E-state index in [0.29, 0.717) is 78.7 Å². The van der Waals surface area contributed by atoms with E-state index in [1.807, 2.05) is 32.5 Å². The molecule has 0 unspecified atom stereocenters. The number of aromatic nitrogens is 3. The van der Waals surface area contributed by atoms with Crippen molar-refractivity contribution >= 4 is 53.4 Å². The van der Waals surface area contributed by atoms with Crippen molar-refractivity contribution in [3.8, 4) is 0 Å². The van der Waals surface area contributed by atoms with Crippen LogP contribution in [0.1, 0.15) is 136 Å². The lowest BCUT2D eigenvalue weighted by atomic mass is 9.92. The summed E-state index contributed by atoms with van der Waals surface area (Å²) in [6.45, 7) is 7.36. The molecule has 4 aromatic rings. The summed E-state index contributed by atoms with van der Waals surface area (Å²) in [5.41, 5.74) is 1.32. The van der Waals surface area contributed by atoms with Crippen molar-refractivity contribution in [1.29, 1.82) is 0 Å². The first-order valence-electron chi connectivity index (χ1n) is 23.0. The molecular weight excluding hydrogens is 861 g/mol. The van der Waals surface area contributed by atoms with Gasteiger partial charge in [-0.15, -0.1) is 0 Å². The van der Waals surface area contributed by atoms with Crippen LogP contribution in [0, 0.1) is 0 Å². The highest BCUT2D eigenvalue weighted by molar-refractivity contribution is 8.00. The van der Waals surface area contributed by atoms with Crippen molar-refractivity contribution in [2.75, 3.05) is 18.8 Å². The lowest BCUT2D eigenvalue weighted by Crippen LogP contribution is -2.46. The number of carbonyl (C=O) groups is 5. The molecule has 2 aliphatic heterocycles. The third kappa shape index (κ3) is 14.6. The fourth-order valence-corrected chi connectivity index (χ4v) is 9.54. The Morgan fingerprint density at radius 1 is 0.742 bits per heavy atom. The molecule has 2 aromatic heterocycles. The Kier molecular flexibility index (Phi) is 17.7. The molecule has 0 aliphatic carbocycles. The van der Waals surface area contributed by atoms with Gasteiger partial charge in [-0.05, 0) is 67.9 Å². The van der Waals surface area contributed by atoms with Crippen molar-refractivity contribution in [3.63, 3.8) is 0 Å². The summed E-state index contributed by atoms with van der Waals surface area (Å²) in [4.78, 5) is 97.2. The number of fused-ring (bicyclic) bond motifs is 1. The van der Waals surface area contributed by atoms with Crippen LogP contribution >= 0.6 is 11.8 Å². The van der Waals surface area contributed by atoms with Gasteiger partial charge in [-0.1, -0.05) is 82.5 Å². The summed E-state index contributed by atoms with van der Waals surface area (Å²) in [5.74, 6) is 1.31. The van der Waals surface area contributed by atoms with Gasteiger partial charge in [-0.25, -0.2) is 9.78 Å². The smallest absolute Gasteiger partial charge is 0.315 e. The number of ketones is 1. The number of nitrogens with one attached hydrogen (secondary N) is 7. The van der Waals surface area contributed by atoms with Crippen LogP contribution in [0.25, 0.3) is 12.2 Å². The monoisotopic (exact) mass is 922 g/mol. The van der Waals surface area contributed by atoms with Crippen molar-refractivity contribution < 1.29 is 28.4 Å². The molecule has 352 valence electrons. The third-order valence-electron chi connectivity index (χ3n) is 11.6. The highest BCUT2D eigenvalue weighted by Gasteiger charge is 2.42. The first-order chi connectivity index (χ1) is 31.7. The normalized spacial score (nSPS) is 17.3. The second-order valence-electron chi connectivity index (χ2n) is 18.0. The number of aromatic amines is 2. The molecule has 2 fully saturated rings. The second-order valence-corrected chi connectivity index (χ2v) is 19.2. The fraction of sp³-hybridized carbons (Fsp3) is 0.469. The maximum atomic E-state index is 13.4. The van der Waals surface area contributed by atoms with E-state index in [1.54, 1.807) is 48.5 Å². The molecule has 3 atom stereocenters. The van der Waals surface area contributed by atoms with E-state index in [0.717, 1.165) is 62.7 Å². The van der Waals surface area contributed by atoms with E-state index in [2.05, 4.69) is 41.5 Å². The van der Waals surface area contributed by atoms with Gasteiger partial charge in [-0.3, -0.25) is 28.8 Å². The summed E-state index contributed by atoms with van der Waals surface area (Å²) < 4.78 is 5.51. The lowest BCUT2D eigenvalue weighted by Gasteiger charge is -2.16. The molecular formula is C49H62N8O8S. The van der Waals surface area contributed by atoms with Crippen LogP contribution in [0.15, 0.2) is 68.9 Å². The Balaban J connectivity index is 0.807. The van der Waals surface area contributed by atoms with E-state index >= 15 is 0 Å². The predicted octanol–water partition coefficient (Wildman–Crippen LogP) is 3.93. The van der Waals surface area contributed by atoms with Gasteiger partial charge >= 0.3 is 6.03 Å². The largest absolute Gasteiger partial charge is 0.447 e. The number of carbonyl (C=O) groups excluding carboxylic acids is 5. The van der Waals surface area contributed by atoms with Crippen LogP contribution in [-0.2, 0) is 26.3 Å². The van der Waals surface area contributed by atoms with Crippen molar-refractivity contribution in [3.05, 3.63) is 120 Å². The Bertz CT molecular complexity index is 2580. The minimum absolute atomic E-state index is 0.0136. The number of benzene rings is 2. The molecule has 2 aromatic carbocycles. The van der Waals surface area contributed by atoms with Gasteiger partial charge in [-0.2, -0.15) is 11.8 Å². The molecule has 66 heavy (non-hydrogen) atoms. The first kappa shape index (κ1) is 49.2. The molecule has 4 heterocycles. The molecule has 17 heteroatoms. The van der Waals surface area contributed by atoms with Gasteiger partial charge in [0.25, 0.3) is 11.1 Å². The molecule has 6 rings (SSSR count). The maximum absolute atomic E-state index is 13.4. The second kappa shape index (κ2) is 23.8. The summed E-state index contributed by atoms with van der Waals surface area (Å²) in [5, 5.41) is 15.3. The summed E-state index contributed by atoms with van der Waals surface area (Å²) in [7, 11) is 0. The number of amides is 5. The zero-order valence-corrected chi connectivity index (χ0v) is 38.8. The van der Waals surface area contributed by atoms with Crippen molar-refractivity contribution in [1.82, 2.24) is 41.5 Å². The number of thioether (sulfide) groups is 1. The summed E-state index contributed by atoms with van der Waals surface area (Å²) in [6.07, 6.45) is 13.1. The molecule has 2 aliphatic rings. The van der Waals surface area contributed by atoms with Gasteiger partial charge < -0.3 is 41.0 Å². The first-order valence-corrected chi connectivity index (χ1v) is 24.0. The van der Waals surface area contributed by atoms with Crippen LogP contribution < -0.4 is 48.4 Å². The van der Waals surface area contributed by atoms with Gasteiger partial charge in [0, 0.05) is 66.4 Å². The number of H-pyrrole nitrogens is 2. The minimum Gasteiger partial charge on any atom is -0.447 e. The van der Waals surface area contributed by atoms with Crippen LogP contribution in [0.4, 0.5) is 4.79 Å². The van der Waals surface area contributed by atoms with E-state index < -0.39 is 11.1 Å². The number of hydrogen-bond acceptors (Lipinski definition) is 10. The average Bonchev–Trinajstić information content (AvgIpc) is 4.02. The van der Waals surface area contributed by atoms with Crippen molar-refractivity contribution in [2.24, 2.45) is 0 Å². The standard InChI is InChI=1S/C49H62N8O8S/c1-49(2,3)45-35(53-30-65-45)27-37-47(63)54-36(46(62)55-37)26-32-13-12-14-34(25-32)44(61)33-21-19-31(20-22-33)28-52-42(60)17-7-5-11-23-50-40(58)16-6-4-10-24-51-41(59)18-9-8-15-39-43-38(29-66-39)56-48(64)57-43/h12-14,19-22,25-27,30,38-39,43H,4-11,15-18,23-24,28-29H2,1-3H3,(H,50,58)(H,51,59)(H,52,60)(H,54,63)(H,55,62)(H2,56,57,64)/t38-,39+,43-/m1/s1. The molecule has 5 amide bonds. The number of nitrogens with zero attached hydrogens (tertiary/aromatic N) is 1. The van der Waals surface area contributed by atoms with Crippen LogP contribution in [0.2, 0.25) is 0 Å². The highest BCUT2D eigenvalue weighted by atomic mass is 32.2. The molecule has 0 saturated carbocycles. The van der Waals surface area contributed by atoms with Gasteiger partial charge in [0.2, 0.25) is 17.7 Å². The Hall–Kier alpha value is -6.23. The van der Waals surface area contributed by atoms with E-state index in [1.165, 1.54) is 18.5 Å². The SMILES string of the molecule is CC(C)(C)c1ocnc1C=c1[nH]c(=O)c(=Cc2cccc(C(=O)c3ccc(CNC(=O)CCCCCNC(=O)CCCCCNC(=O)CCCC[C@@H]4SC[C@H]5NC(=O)N[C@@H]45)cc3)c2)[nH]c1=O. The highest BCUT2D eigenvalue weighted by Crippen LogP contribution is 2.33. The number of urea groups is 1. The topological polar surface area (TPSA) is 237 Å². The molecule has 2 saturated heterocycles. The molecule has 0 bridgehead atoms. The van der Waals surface area contributed by atoms with Crippen LogP contribution in [-0.4, -0.2) is 80.7 Å². The van der Waals surface area contributed by atoms with E-state index in [4.69, 9.17) is 4.42 Å². The minimum atomic E-state index is -0.515. The number of hydrogen-bond donors (Lipinski definition) is 7. The Morgan fingerprint density at radius 2 is 1.36 bits per heavy atom. The zero-order chi connectivity index (χ0) is 47.1. The Labute approximate surface area is 388 Å². The van der Waals surface area contributed by atoms with Crippen LogP contribution in [0.3, 0.4) is 0 Å². The molecule has 0 radical (unpaired) electrons. The Morgan fingerprint density at radius 3 is 2.02 bits per heavy atom. The van der Waals surface area contributed by atoms with Gasteiger partial charge in [0.05, 0.1) is 12.1 Å². The number of unbranched alkanes of at least 4 members (excludes halogenated alkanes) is 5. The zero-order valence-electron chi connectivity index (χ0n) is 38.0. The van der Waals surface area contributed by atoms with E-state index in [-0.39, 0.29) is 57.7 Å². The predicted molar refractivity (Wildman–Crippen MR) is 254 cm³/mol. The maximum Gasteiger partial charge on any atom is 0.315 e. The van der Waals surface area contributed by atoms with Gasteiger partial charge in [0.1, 0.15) is 22.2 Å². The number of rotatable bonds is 23. The molecule has 16 nitrogen and oxygen atoms in total. The number of oxazole rings is 1. The lowest BCUT2D eigenvalue weighted by molar-refractivity contribution is -0.122. The van der Waals surface area contributed by atoms with Crippen LogP contribution in [0.5, 0.6) is 0 Å². The summed E-state index contributed by atoms with van der Waals surface area (Å²) >= 11 is 1.89. The fourth-order valence-electron chi connectivity index (χ4n) is 8.00. The molecule has 0 spiro atoms. The quantitative estimate of drug-likeness (QED) is 0.0322.